The summed E-state index contributed by atoms with van der Waals surface area (Å²) in [6.45, 7) is 0.351. The van der Waals surface area contributed by atoms with Crippen molar-refractivity contribution in [1.82, 2.24) is 4.57 Å². The van der Waals surface area contributed by atoms with Gasteiger partial charge in [0, 0.05) is 22.0 Å². The molecule has 33 heavy (non-hydrogen) atoms. The van der Waals surface area contributed by atoms with Gasteiger partial charge in [0.15, 0.2) is 17.2 Å². The second-order valence-electron chi connectivity index (χ2n) is 7.34. The van der Waals surface area contributed by atoms with Crippen molar-refractivity contribution in [3.05, 3.63) is 93.1 Å². The number of hydrogen-bond donors (Lipinski definition) is 1. The summed E-state index contributed by atoms with van der Waals surface area (Å²) >= 11 is 7.72. The van der Waals surface area contributed by atoms with E-state index in [-0.39, 0.29) is 18.2 Å². The molecule has 4 aromatic rings. The lowest BCUT2D eigenvalue weighted by Crippen LogP contribution is -2.25. The van der Waals surface area contributed by atoms with Gasteiger partial charge in [0.05, 0.1) is 17.9 Å². The summed E-state index contributed by atoms with van der Waals surface area (Å²) in [4.78, 5) is 16.7. The van der Waals surface area contributed by atoms with E-state index in [1.807, 2.05) is 40.3 Å². The minimum Gasteiger partial charge on any atom is -0.482 e. The molecule has 0 saturated heterocycles. The number of benzene rings is 3. The Kier molecular flexibility index (Phi) is 5.70. The van der Waals surface area contributed by atoms with Crippen LogP contribution >= 0.6 is 22.9 Å². The maximum atomic E-state index is 14.3. The van der Waals surface area contributed by atoms with Gasteiger partial charge >= 0.3 is 0 Å². The van der Waals surface area contributed by atoms with E-state index in [9.17, 15) is 13.6 Å². The Balaban J connectivity index is 1.66. The molecule has 5 rings (SSSR count). The number of aromatic nitrogens is 1. The Morgan fingerprint density at radius 3 is 2.79 bits per heavy atom. The molecule has 1 aliphatic heterocycles. The Bertz CT molecular complexity index is 1450. The number of nitrogens with zero attached hydrogens (tertiary/aromatic N) is 2. The fourth-order valence-electron chi connectivity index (χ4n) is 3.52. The van der Waals surface area contributed by atoms with Gasteiger partial charge in [-0.15, -0.1) is 11.3 Å². The zero-order chi connectivity index (χ0) is 22.9. The van der Waals surface area contributed by atoms with E-state index in [1.165, 1.54) is 23.5 Å². The van der Waals surface area contributed by atoms with Crippen LogP contribution in [0.2, 0.25) is 5.02 Å². The van der Waals surface area contributed by atoms with Gasteiger partial charge in [0.1, 0.15) is 17.3 Å². The van der Waals surface area contributed by atoms with Crippen LogP contribution in [0, 0.1) is 11.6 Å². The van der Waals surface area contributed by atoms with Crippen LogP contribution in [0.25, 0.3) is 11.3 Å². The molecule has 0 spiro atoms. The molecular formula is C24H16ClF2N3O2S. The lowest BCUT2D eigenvalue weighted by atomic mass is 10.1. The Morgan fingerprint density at radius 1 is 1.12 bits per heavy atom. The molecule has 0 radical (unpaired) electrons. The molecule has 1 aliphatic rings. The third kappa shape index (κ3) is 4.40. The van der Waals surface area contributed by atoms with E-state index in [1.54, 1.807) is 12.1 Å². The summed E-state index contributed by atoms with van der Waals surface area (Å²) in [6.07, 6.45) is 0. The number of ether oxygens (including phenoxy) is 1. The van der Waals surface area contributed by atoms with E-state index < -0.39 is 11.6 Å². The molecule has 5 nitrogen and oxygen atoms in total. The highest BCUT2D eigenvalue weighted by Crippen LogP contribution is 2.33. The molecule has 0 bridgehead atoms. The number of fused-ring (bicyclic) bond motifs is 1. The van der Waals surface area contributed by atoms with Crippen molar-refractivity contribution in [2.45, 2.75) is 6.54 Å². The standard InChI is InChI=1S/C24H16ClF2N3O2S/c25-17-4-2-1-3-15(17)11-30-21(14-5-8-22-20(9-14)28-23(31)12-32-22)13-33-24(30)29-19-7-6-16(26)10-18(19)27/h1-10,13H,11-12H2,(H,28,31). The number of amides is 1. The molecule has 9 heteroatoms. The normalized spacial score (nSPS) is 13.4. The first-order valence-electron chi connectivity index (χ1n) is 9.96. The number of carbonyl (C=O) groups is 1. The van der Waals surface area contributed by atoms with Crippen LogP contribution in [-0.2, 0) is 11.3 Å². The predicted molar refractivity (Wildman–Crippen MR) is 124 cm³/mol. The van der Waals surface area contributed by atoms with Gasteiger partial charge in [-0.3, -0.25) is 4.79 Å². The first-order valence-corrected chi connectivity index (χ1v) is 11.2. The average Bonchev–Trinajstić information content (AvgIpc) is 3.19. The number of halogens is 3. The topological polar surface area (TPSA) is 55.6 Å². The third-order valence-electron chi connectivity index (χ3n) is 5.12. The van der Waals surface area contributed by atoms with E-state index >= 15 is 0 Å². The highest BCUT2D eigenvalue weighted by molar-refractivity contribution is 7.07. The number of anilines is 1. The van der Waals surface area contributed by atoms with Crippen LogP contribution in [0.5, 0.6) is 5.75 Å². The molecule has 3 aromatic carbocycles. The number of thiazole rings is 1. The van der Waals surface area contributed by atoms with Gasteiger partial charge in [-0.2, -0.15) is 0 Å². The minimum absolute atomic E-state index is 0.0242. The molecule has 0 aliphatic carbocycles. The van der Waals surface area contributed by atoms with Crippen molar-refractivity contribution in [3.8, 4) is 17.0 Å². The second kappa shape index (κ2) is 8.80. The highest BCUT2D eigenvalue weighted by Gasteiger charge is 2.18. The smallest absolute Gasteiger partial charge is 0.262 e. The van der Waals surface area contributed by atoms with Crippen molar-refractivity contribution in [3.63, 3.8) is 0 Å². The van der Waals surface area contributed by atoms with Crippen molar-refractivity contribution in [2.24, 2.45) is 4.99 Å². The monoisotopic (exact) mass is 483 g/mol. The molecule has 1 aromatic heterocycles. The summed E-state index contributed by atoms with van der Waals surface area (Å²) < 4.78 is 35.0. The Labute approximate surface area is 196 Å². The van der Waals surface area contributed by atoms with E-state index in [2.05, 4.69) is 10.3 Å². The van der Waals surface area contributed by atoms with Gasteiger partial charge in [0.2, 0.25) is 0 Å². The predicted octanol–water partition coefficient (Wildman–Crippen LogP) is 5.76. The molecule has 2 heterocycles. The van der Waals surface area contributed by atoms with Crippen LogP contribution < -0.4 is 14.9 Å². The number of nitrogens with one attached hydrogen (secondary N) is 1. The van der Waals surface area contributed by atoms with Gasteiger partial charge in [-0.05, 0) is 42.0 Å². The molecule has 0 atom stereocenters. The summed E-state index contributed by atoms with van der Waals surface area (Å²) in [5.74, 6) is -1.05. The van der Waals surface area contributed by atoms with E-state index in [4.69, 9.17) is 16.3 Å². The fourth-order valence-corrected chi connectivity index (χ4v) is 4.63. The summed E-state index contributed by atoms with van der Waals surface area (Å²) in [5, 5.41) is 5.29. The minimum atomic E-state index is -0.747. The van der Waals surface area contributed by atoms with Crippen LogP contribution in [0.1, 0.15) is 5.56 Å². The Morgan fingerprint density at radius 2 is 1.97 bits per heavy atom. The van der Waals surface area contributed by atoms with Crippen LogP contribution in [0.3, 0.4) is 0 Å². The largest absolute Gasteiger partial charge is 0.482 e. The quantitative estimate of drug-likeness (QED) is 0.401. The van der Waals surface area contributed by atoms with Gasteiger partial charge < -0.3 is 14.6 Å². The molecule has 1 amide bonds. The van der Waals surface area contributed by atoms with E-state index in [0.717, 1.165) is 22.9 Å². The summed E-state index contributed by atoms with van der Waals surface area (Å²) in [6, 6.07) is 16.2. The number of rotatable bonds is 4. The van der Waals surface area contributed by atoms with Crippen molar-refractivity contribution in [2.75, 3.05) is 11.9 Å². The number of hydrogen-bond acceptors (Lipinski definition) is 4. The first kappa shape index (κ1) is 21.4. The molecule has 166 valence electrons. The SMILES string of the molecule is O=C1COc2ccc(-c3csc(=Nc4ccc(F)cc4F)n3Cc3ccccc3Cl)cc2N1. The average molecular weight is 484 g/mol. The van der Waals surface area contributed by atoms with Crippen molar-refractivity contribution in [1.29, 1.82) is 0 Å². The van der Waals surface area contributed by atoms with Crippen LogP contribution in [-0.4, -0.2) is 17.1 Å². The van der Waals surface area contributed by atoms with Crippen molar-refractivity contribution >= 4 is 40.2 Å². The van der Waals surface area contributed by atoms with Gasteiger partial charge in [0.25, 0.3) is 5.91 Å². The lowest BCUT2D eigenvalue weighted by molar-refractivity contribution is -0.118. The number of carbonyl (C=O) groups excluding carboxylic acids is 1. The van der Waals surface area contributed by atoms with Gasteiger partial charge in [-0.25, -0.2) is 13.8 Å². The van der Waals surface area contributed by atoms with Gasteiger partial charge in [-0.1, -0.05) is 29.8 Å². The molecular weight excluding hydrogens is 468 g/mol. The second-order valence-corrected chi connectivity index (χ2v) is 8.58. The zero-order valence-electron chi connectivity index (χ0n) is 17.0. The van der Waals surface area contributed by atoms with Crippen molar-refractivity contribution < 1.29 is 18.3 Å². The zero-order valence-corrected chi connectivity index (χ0v) is 18.6. The van der Waals surface area contributed by atoms with Crippen LogP contribution in [0.4, 0.5) is 20.2 Å². The lowest BCUT2D eigenvalue weighted by Gasteiger charge is -2.19. The fraction of sp³-hybridized carbons (Fsp3) is 0.0833. The highest BCUT2D eigenvalue weighted by atomic mass is 35.5. The molecule has 0 saturated carbocycles. The summed E-state index contributed by atoms with van der Waals surface area (Å²) in [7, 11) is 0. The van der Waals surface area contributed by atoms with E-state index in [0.29, 0.717) is 27.8 Å². The maximum Gasteiger partial charge on any atom is 0.262 e. The maximum absolute atomic E-state index is 14.3. The first-order chi connectivity index (χ1) is 16.0. The third-order valence-corrected chi connectivity index (χ3v) is 6.35. The molecule has 1 N–H and O–H groups in total. The molecule has 0 unspecified atom stereocenters. The molecule has 0 fully saturated rings. The Hall–Kier alpha value is -3.49. The summed E-state index contributed by atoms with van der Waals surface area (Å²) in [5.41, 5.74) is 3.06. The van der Waals surface area contributed by atoms with Crippen LogP contribution in [0.15, 0.2) is 71.0 Å².